The SMILES string of the molecule is CCCCC(CCCC)C(O)(C(=O)c1ccccc1)C(C)C. The van der Waals surface area contributed by atoms with Crippen LogP contribution in [0.3, 0.4) is 0 Å². The Bertz CT molecular complexity index is 430. The first kappa shape index (κ1) is 18.9. The molecule has 1 aromatic rings. The van der Waals surface area contributed by atoms with Crippen LogP contribution in [0, 0.1) is 11.8 Å². The minimum atomic E-state index is -1.26. The van der Waals surface area contributed by atoms with E-state index in [1.807, 2.05) is 44.2 Å². The fourth-order valence-corrected chi connectivity index (χ4v) is 3.23. The maximum atomic E-state index is 13.0. The summed E-state index contributed by atoms with van der Waals surface area (Å²) in [7, 11) is 0. The van der Waals surface area contributed by atoms with Gasteiger partial charge in [0.15, 0.2) is 5.78 Å². The molecule has 0 aliphatic rings. The monoisotopic (exact) mass is 304 g/mol. The smallest absolute Gasteiger partial charge is 0.194 e. The fraction of sp³-hybridized carbons (Fsp3) is 0.650. The van der Waals surface area contributed by atoms with Crippen molar-refractivity contribution in [3.8, 4) is 0 Å². The molecule has 0 radical (unpaired) electrons. The van der Waals surface area contributed by atoms with Crippen molar-refractivity contribution in [1.29, 1.82) is 0 Å². The molecule has 0 aromatic heterocycles. The minimum absolute atomic E-state index is 0.0418. The molecule has 0 amide bonds. The second-order valence-corrected chi connectivity index (χ2v) is 6.66. The topological polar surface area (TPSA) is 37.3 Å². The van der Waals surface area contributed by atoms with Crippen LogP contribution in [-0.4, -0.2) is 16.5 Å². The number of aliphatic hydroxyl groups is 1. The van der Waals surface area contributed by atoms with Gasteiger partial charge in [0.25, 0.3) is 0 Å². The molecule has 1 rings (SSSR count). The van der Waals surface area contributed by atoms with Crippen LogP contribution < -0.4 is 0 Å². The lowest BCUT2D eigenvalue weighted by molar-refractivity contribution is -0.0393. The van der Waals surface area contributed by atoms with Gasteiger partial charge in [-0.15, -0.1) is 0 Å². The lowest BCUT2D eigenvalue weighted by Crippen LogP contribution is -2.50. The highest BCUT2D eigenvalue weighted by Crippen LogP contribution is 2.36. The standard InChI is InChI=1S/C20H32O2/c1-5-7-14-18(15-8-6-2)20(22,16(3)4)19(21)17-12-10-9-11-13-17/h9-13,16,18,22H,5-8,14-15H2,1-4H3. The number of carbonyl (C=O) groups excluding carboxylic acids is 1. The Morgan fingerprint density at radius 2 is 1.55 bits per heavy atom. The average molecular weight is 304 g/mol. The molecule has 0 saturated heterocycles. The minimum Gasteiger partial charge on any atom is -0.381 e. The van der Waals surface area contributed by atoms with E-state index < -0.39 is 5.60 Å². The summed E-state index contributed by atoms with van der Waals surface area (Å²) >= 11 is 0. The molecule has 1 unspecified atom stereocenters. The van der Waals surface area contributed by atoms with Crippen molar-refractivity contribution in [2.45, 2.75) is 71.8 Å². The first-order valence-electron chi connectivity index (χ1n) is 8.80. The van der Waals surface area contributed by atoms with Crippen LogP contribution in [0.1, 0.15) is 76.6 Å². The number of unbranched alkanes of at least 4 members (excludes halogenated alkanes) is 2. The summed E-state index contributed by atoms with van der Waals surface area (Å²) in [5.74, 6) is -0.153. The number of carbonyl (C=O) groups is 1. The van der Waals surface area contributed by atoms with Crippen LogP contribution in [0.15, 0.2) is 30.3 Å². The zero-order chi connectivity index (χ0) is 16.6. The molecule has 1 atom stereocenters. The summed E-state index contributed by atoms with van der Waals surface area (Å²) in [6.45, 7) is 8.24. The summed E-state index contributed by atoms with van der Waals surface area (Å²) < 4.78 is 0. The molecule has 0 heterocycles. The molecule has 0 bridgehead atoms. The van der Waals surface area contributed by atoms with Gasteiger partial charge in [0, 0.05) is 5.56 Å². The summed E-state index contributed by atoms with van der Waals surface area (Å²) in [5, 5.41) is 11.4. The zero-order valence-electron chi connectivity index (χ0n) is 14.6. The normalized spacial score (nSPS) is 14.3. The highest BCUT2D eigenvalue weighted by molar-refractivity contribution is 6.02. The van der Waals surface area contributed by atoms with Crippen molar-refractivity contribution in [2.75, 3.05) is 0 Å². The molecule has 1 aromatic carbocycles. The van der Waals surface area contributed by atoms with E-state index in [1.165, 1.54) is 0 Å². The van der Waals surface area contributed by atoms with E-state index in [2.05, 4.69) is 13.8 Å². The van der Waals surface area contributed by atoms with Crippen molar-refractivity contribution in [2.24, 2.45) is 11.8 Å². The van der Waals surface area contributed by atoms with Gasteiger partial charge in [-0.05, 0) is 24.7 Å². The Kier molecular flexibility index (Phi) is 7.81. The Hall–Kier alpha value is -1.15. The number of ketones is 1. The van der Waals surface area contributed by atoms with Crippen molar-refractivity contribution >= 4 is 5.78 Å². The van der Waals surface area contributed by atoms with Crippen molar-refractivity contribution in [3.05, 3.63) is 35.9 Å². The highest BCUT2D eigenvalue weighted by atomic mass is 16.3. The third-order valence-electron chi connectivity index (χ3n) is 4.71. The highest BCUT2D eigenvalue weighted by Gasteiger charge is 2.45. The third kappa shape index (κ3) is 4.42. The molecule has 2 heteroatoms. The Balaban J connectivity index is 3.11. The Labute approximate surface area is 135 Å². The van der Waals surface area contributed by atoms with E-state index in [1.54, 1.807) is 0 Å². The van der Waals surface area contributed by atoms with E-state index >= 15 is 0 Å². The third-order valence-corrected chi connectivity index (χ3v) is 4.71. The average Bonchev–Trinajstić information content (AvgIpc) is 2.54. The predicted octanol–water partition coefficient (Wildman–Crippen LogP) is 5.25. The van der Waals surface area contributed by atoms with E-state index in [4.69, 9.17) is 0 Å². The molecule has 0 spiro atoms. The van der Waals surface area contributed by atoms with E-state index in [0.29, 0.717) is 5.56 Å². The van der Waals surface area contributed by atoms with Crippen LogP contribution in [-0.2, 0) is 0 Å². The van der Waals surface area contributed by atoms with E-state index in [-0.39, 0.29) is 17.6 Å². The van der Waals surface area contributed by atoms with Gasteiger partial charge in [0.05, 0.1) is 0 Å². The van der Waals surface area contributed by atoms with Gasteiger partial charge in [-0.3, -0.25) is 4.79 Å². The number of hydrogen-bond acceptors (Lipinski definition) is 2. The van der Waals surface area contributed by atoms with Crippen LogP contribution in [0.2, 0.25) is 0 Å². The van der Waals surface area contributed by atoms with Gasteiger partial charge >= 0.3 is 0 Å². The maximum Gasteiger partial charge on any atom is 0.194 e. The summed E-state index contributed by atoms with van der Waals surface area (Å²) in [5.41, 5.74) is -0.636. The molecular formula is C20H32O2. The molecule has 2 nitrogen and oxygen atoms in total. The maximum absolute atomic E-state index is 13.0. The summed E-state index contributed by atoms with van der Waals surface area (Å²) in [4.78, 5) is 13.0. The lowest BCUT2D eigenvalue weighted by atomic mass is 9.70. The second-order valence-electron chi connectivity index (χ2n) is 6.66. The van der Waals surface area contributed by atoms with Crippen LogP contribution >= 0.6 is 0 Å². The Morgan fingerprint density at radius 1 is 1.05 bits per heavy atom. The number of hydrogen-bond donors (Lipinski definition) is 1. The summed E-state index contributed by atoms with van der Waals surface area (Å²) in [6.07, 6.45) is 6.15. The van der Waals surface area contributed by atoms with Gasteiger partial charge in [0.1, 0.15) is 5.60 Å². The molecule has 1 N–H and O–H groups in total. The predicted molar refractivity (Wildman–Crippen MR) is 93.1 cm³/mol. The first-order valence-corrected chi connectivity index (χ1v) is 8.80. The lowest BCUT2D eigenvalue weighted by Gasteiger charge is -2.38. The largest absolute Gasteiger partial charge is 0.381 e. The summed E-state index contributed by atoms with van der Waals surface area (Å²) in [6, 6.07) is 9.25. The molecular weight excluding hydrogens is 272 g/mol. The van der Waals surface area contributed by atoms with Crippen molar-refractivity contribution < 1.29 is 9.90 Å². The molecule has 22 heavy (non-hydrogen) atoms. The van der Waals surface area contributed by atoms with Crippen LogP contribution in [0.4, 0.5) is 0 Å². The van der Waals surface area contributed by atoms with E-state index in [9.17, 15) is 9.90 Å². The molecule has 124 valence electrons. The number of Topliss-reactive ketones (excluding diaryl/α,β-unsaturated/α-hetero) is 1. The first-order chi connectivity index (χ1) is 10.5. The van der Waals surface area contributed by atoms with Gasteiger partial charge in [-0.1, -0.05) is 83.7 Å². The van der Waals surface area contributed by atoms with Gasteiger partial charge in [0.2, 0.25) is 0 Å². The van der Waals surface area contributed by atoms with Crippen LogP contribution in [0.5, 0.6) is 0 Å². The number of benzene rings is 1. The fourth-order valence-electron chi connectivity index (χ4n) is 3.23. The van der Waals surface area contributed by atoms with E-state index in [0.717, 1.165) is 38.5 Å². The zero-order valence-corrected chi connectivity index (χ0v) is 14.6. The van der Waals surface area contributed by atoms with Crippen LogP contribution in [0.25, 0.3) is 0 Å². The second kappa shape index (κ2) is 9.09. The van der Waals surface area contributed by atoms with Gasteiger partial charge < -0.3 is 5.11 Å². The molecule has 0 aliphatic heterocycles. The Morgan fingerprint density at radius 3 is 1.95 bits per heavy atom. The van der Waals surface area contributed by atoms with Crippen molar-refractivity contribution in [1.82, 2.24) is 0 Å². The molecule has 0 fully saturated rings. The van der Waals surface area contributed by atoms with Gasteiger partial charge in [-0.2, -0.15) is 0 Å². The van der Waals surface area contributed by atoms with Crippen molar-refractivity contribution in [3.63, 3.8) is 0 Å². The quantitative estimate of drug-likeness (QED) is 0.599. The molecule has 0 aliphatic carbocycles. The van der Waals surface area contributed by atoms with Gasteiger partial charge in [-0.25, -0.2) is 0 Å². The number of rotatable bonds is 10. The molecule has 0 saturated carbocycles.